The lowest BCUT2D eigenvalue weighted by Crippen LogP contribution is -2.30. The molecule has 1 unspecified atom stereocenters. The van der Waals surface area contributed by atoms with Crippen LogP contribution in [0.15, 0.2) is 0 Å². The molecule has 0 aliphatic carbocycles. The number of ether oxygens (including phenoxy) is 3. The molecule has 0 amide bonds. The number of esters is 3. The summed E-state index contributed by atoms with van der Waals surface area (Å²) in [6.07, 6.45) is 80.4. The summed E-state index contributed by atoms with van der Waals surface area (Å²) in [5.74, 6) is -0.831. The molecule has 0 spiro atoms. The molecule has 464 valence electrons. The fourth-order valence-electron chi connectivity index (χ4n) is 11.5. The maximum atomic E-state index is 12.9. The van der Waals surface area contributed by atoms with Gasteiger partial charge in [-0.15, -0.1) is 0 Å². The molecule has 0 N–H and O–H groups in total. The summed E-state index contributed by atoms with van der Waals surface area (Å²) < 4.78 is 16.9. The first kappa shape index (κ1) is 76.4. The molecule has 6 heteroatoms. The van der Waals surface area contributed by atoms with Crippen LogP contribution in [-0.2, 0) is 28.6 Å². The van der Waals surface area contributed by atoms with E-state index < -0.39 is 6.10 Å². The highest BCUT2D eigenvalue weighted by Crippen LogP contribution is 2.20. The SMILES string of the molecule is CCCCCCCCCCCCCCCCCCCCCCCCCCCCCCCCCCCCC(=O)OCC(COC(=O)CCCCCCCCCC)OC(=O)CCCCCCCCCCCCCCCCCCCC. The van der Waals surface area contributed by atoms with Crippen molar-refractivity contribution >= 4 is 17.9 Å². The highest BCUT2D eigenvalue weighted by Gasteiger charge is 2.20. The first-order chi connectivity index (χ1) is 38.5. The van der Waals surface area contributed by atoms with E-state index in [1.54, 1.807) is 0 Å². The maximum Gasteiger partial charge on any atom is 0.306 e. The van der Waals surface area contributed by atoms with Gasteiger partial charge in [-0.3, -0.25) is 14.4 Å². The van der Waals surface area contributed by atoms with Gasteiger partial charge in [0.25, 0.3) is 0 Å². The molecule has 0 saturated carbocycles. The van der Waals surface area contributed by atoms with Crippen LogP contribution in [0.2, 0.25) is 0 Å². The average Bonchev–Trinajstić information content (AvgIpc) is 3.44. The Bertz CT molecular complexity index is 1170. The summed E-state index contributed by atoms with van der Waals surface area (Å²) in [6.45, 7) is 6.70. The Hall–Kier alpha value is -1.59. The largest absolute Gasteiger partial charge is 0.462 e. The van der Waals surface area contributed by atoms with Crippen LogP contribution >= 0.6 is 0 Å². The van der Waals surface area contributed by atoms with Gasteiger partial charge in [-0.2, -0.15) is 0 Å². The normalized spacial score (nSPS) is 11.9. The lowest BCUT2D eigenvalue weighted by Gasteiger charge is -2.18. The van der Waals surface area contributed by atoms with Gasteiger partial charge in [-0.05, 0) is 19.3 Å². The van der Waals surface area contributed by atoms with E-state index in [9.17, 15) is 14.4 Å². The standard InChI is InChI=1S/C72H140O6/c1-4-7-10-13-16-19-21-23-25-27-29-30-31-32-33-34-35-36-37-38-39-40-41-42-43-44-46-47-49-51-53-56-59-62-65-71(74)77-68-69(67-76-70(73)64-61-58-55-18-15-12-9-6-3)78-72(75)66-63-60-57-54-52-50-48-45-28-26-24-22-20-17-14-11-8-5-2/h69H,4-68H2,1-3H3. The zero-order valence-electron chi connectivity index (χ0n) is 53.5. The van der Waals surface area contributed by atoms with Gasteiger partial charge in [0.05, 0.1) is 0 Å². The molecular weight excluding hydrogens is 961 g/mol. The lowest BCUT2D eigenvalue weighted by molar-refractivity contribution is -0.167. The summed E-state index contributed by atoms with van der Waals surface area (Å²) in [4.78, 5) is 38.2. The third-order valence-electron chi connectivity index (χ3n) is 16.9. The van der Waals surface area contributed by atoms with E-state index in [1.807, 2.05) is 0 Å². The molecule has 0 fully saturated rings. The lowest BCUT2D eigenvalue weighted by atomic mass is 10.0. The summed E-state index contributed by atoms with van der Waals surface area (Å²) >= 11 is 0. The zero-order chi connectivity index (χ0) is 56.4. The minimum Gasteiger partial charge on any atom is -0.462 e. The van der Waals surface area contributed by atoms with Crippen LogP contribution in [0.25, 0.3) is 0 Å². The van der Waals surface area contributed by atoms with E-state index in [0.717, 1.165) is 57.8 Å². The first-order valence-electron chi connectivity index (χ1n) is 36.0. The van der Waals surface area contributed by atoms with Crippen LogP contribution in [0, 0.1) is 0 Å². The molecular formula is C72H140O6. The van der Waals surface area contributed by atoms with Gasteiger partial charge in [-0.25, -0.2) is 0 Å². The predicted octanol–water partition coefficient (Wildman–Crippen LogP) is 24.6. The summed E-state index contributed by atoms with van der Waals surface area (Å²) in [7, 11) is 0. The Balaban J connectivity index is 3.93. The molecule has 6 nitrogen and oxygen atoms in total. The third kappa shape index (κ3) is 65.2. The molecule has 0 aromatic rings. The van der Waals surface area contributed by atoms with Crippen LogP contribution in [0.4, 0.5) is 0 Å². The Morgan fingerprint density at radius 1 is 0.205 bits per heavy atom. The molecule has 0 saturated heterocycles. The van der Waals surface area contributed by atoms with Crippen molar-refractivity contribution in [2.24, 2.45) is 0 Å². The van der Waals surface area contributed by atoms with Gasteiger partial charge < -0.3 is 14.2 Å². The van der Waals surface area contributed by atoms with E-state index in [-0.39, 0.29) is 31.1 Å². The molecule has 0 aromatic heterocycles. The zero-order valence-corrected chi connectivity index (χ0v) is 53.5. The Labute approximate surface area is 488 Å². The van der Waals surface area contributed by atoms with Gasteiger partial charge >= 0.3 is 17.9 Å². The second-order valence-electron chi connectivity index (χ2n) is 24.9. The second kappa shape index (κ2) is 67.9. The number of carbonyl (C=O) groups excluding carboxylic acids is 3. The number of carbonyl (C=O) groups is 3. The molecule has 1 atom stereocenters. The smallest absolute Gasteiger partial charge is 0.306 e. The van der Waals surface area contributed by atoms with Crippen molar-refractivity contribution in [2.45, 2.75) is 431 Å². The molecule has 78 heavy (non-hydrogen) atoms. The minimum atomic E-state index is -0.762. The van der Waals surface area contributed by atoms with Crippen molar-refractivity contribution in [3.63, 3.8) is 0 Å². The van der Waals surface area contributed by atoms with Gasteiger partial charge in [0.2, 0.25) is 0 Å². The Kier molecular flexibility index (Phi) is 66.5. The number of unbranched alkanes of at least 4 members (excludes halogenated alkanes) is 57. The van der Waals surface area contributed by atoms with Crippen molar-refractivity contribution in [1.29, 1.82) is 0 Å². The summed E-state index contributed by atoms with van der Waals surface area (Å²) in [6, 6.07) is 0. The molecule has 0 heterocycles. The highest BCUT2D eigenvalue weighted by molar-refractivity contribution is 5.71. The fourth-order valence-corrected chi connectivity index (χ4v) is 11.5. The molecule has 0 rings (SSSR count). The van der Waals surface area contributed by atoms with Crippen LogP contribution < -0.4 is 0 Å². The number of hydrogen-bond donors (Lipinski definition) is 0. The van der Waals surface area contributed by atoms with Crippen molar-refractivity contribution < 1.29 is 28.6 Å². The van der Waals surface area contributed by atoms with Crippen LogP contribution in [-0.4, -0.2) is 37.2 Å². The first-order valence-corrected chi connectivity index (χ1v) is 36.0. The van der Waals surface area contributed by atoms with Crippen molar-refractivity contribution in [3.8, 4) is 0 Å². The van der Waals surface area contributed by atoms with Crippen LogP contribution in [0.5, 0.6) is 0 Å². The molecule has 0 aliphatic heterocycles. The van der Waals surface area contributed by atoms with Crippen molar-refractivity contribution in [2.75, 3.05) is 13.2 Å². The molecule has 0 bridgehead atoms. The van der Waals surface area contributed by atoms with Crippen LogP contribution in [0.3, 0.4) is 0 Å². The monoisotopic (exact) mass is 1100 g/mol. The minimum absolute atomic E-state index is 0.0611. The quantitative estimate of drug-likeness (QED) is 0.0343. The second-order valence-corrected chi connectivity index (χ2v) is 24.9. The van der Waals surface area contributed by atoms with E-state index in [2.05, 4.69) is 20.8 Å². The van der Waals surface area contributed by atoms with Gasteiger partial charge in [0, 0.05) is 19.3 Å². The highest BCUT2D eigenvalue weighted by atomic mass is 16.6. The van der Waals surface area contributed by atoms with E-state index in [4.69, 9.17) is 14.2 Å². The predicted molar refractivity (Wildman–Crippen MR) is 340 cm³/mol. The van der Waals surface area contributed by atoms with Gasteiger partial charge in [0.1, 0.15) is 13.2 Å². The van der Waals surface area contributed by atoms with E-state index in [1.165, 1.54) is 327 Å². The van der Waals surface area contributed by atoms with E-state index in [0.29, 0.717) is 19.3 Å². The Morgan fingerprint density at radius 3 is 0.513 bits per heavy atom. The maximum absolute atomic E-state index is 12.9. The summed E-state index contributed by atoms with van der Waals surface area (Å²) in [5.41, 5.74) is 0. The number of rotatable bonds is 68. The average molecular weight is 1100 g/mol. The van der Waals surface area contributed by atoms with Crippen molar-refractivity contribution in [1.82, 2.24) is 0 Å². The molecule has 0 aliphatic rings. The number of hydrogen-bond acceptors (Lipinski definition) is 6. The Morgan fingerprint density at radius 2 is 0.346 bits per heavy atom. The van der Waals surface area contributed by atoms with Crippen LogP contribution in [0.1, 0.15) is 425 Å². The third-order valence-corrected chi connectivity index (χ3v) is 16.9. The van der Waals surface area contributed by atoms with Gasteiger partial charge in [-0.1, -0.05) is 387 Å². The van der Waals surface area contributed by atoms with Gasteiger partial charge in [0.15, 0.2) is 6.10 Å². The summed E-state index contributed by atoms with van der Waals surface area (Å²) in [5, 5.41) is 0. The fraction of sp³-hybridized carbons (Fsp3) is 0.958. The molecule has 0 aromatic carbocycles. The van der Waals surface area contributed by atoms with Crippen molar-refractivity contribution in [3.05, 3.63) is 0 Å². The molecule has 0 radical (unpaired) electrons. The van der Waals surface area contributed by atoms with E-state index >= 15 is 0 Å². The topological polar surface area (TPSA) is 78.9 Å².